The van der Waals surface area contributed by atoms with Gasteiger partial charge in [0.15, 0.2) is 0 Å². The Labute approximate surface area is 177 Å². The summed E-state index contributed by atoms with van der Waals surface area (Å²) in [6, 6.07) is 12.4. The SMILES string of the molecule is Cc1ccc(C(=O)N2CCN(C(=O)C(C)Sc3ccc(Br)cc3)CC2)cc1F. The zero-order valence-electron chi connectivity index (χ0n) is 15.8. The van der Waals surface area contributed by atoms with Crippen molar-refractivity contribution in [2.75, 3.05) is 26.2 Å². The first-order chi connectivity index (χ1) is 13.3. The molecule has 0 aromatic heterocycles. The molecule has 0 aliphatic carbocycles. The topological polar surface area (TPSA) is 40.6 Å². The lowest BCUT2D eigenvalue weighted by atomic mass is 10.1. The standard InChI is InChI=1S/C21H22BrFN2O2S/c1-14-3-4-16(13-19(14)23)21(27)25-11-9-24(10-12-25)20(26)15(2)28-18-7-5-17(22)6-8-18/h3-8,13,15H,9-12H2,1-2H3. The summed E-state index contributed by atoms with van der Waals surface area (Å²) in [6.07, 6.45) is 0. The van der Waals surface area contributed by atoms with Crippen molar-refractivity contribution in [3.05, 3.63) is 63.9 Å². The van der Waals surface area contributed by atoms with E-state index < -0.39 is 0 Å². The Morgan fingerprint density at radius 2 is 1.64 bits per heavy atom. The molecule has 0 radical (unpaired) electrons. The highest BCUT2D eigenvalue weighted by Crippen LogP contribution is 2.26. The van der Waals surface area contributed by atoms with E-state index in [9.17, 15) is 14.0 Å². The molecule has 0 saturated carbocycles. The molecule has 3 rings (SSSR count). The molecule has 2 amide bonds. The van der Waals surface area contributed by atoms with Crippen molar-refractivity contribution in [3.63, 3.8) is 0 Å². The van der Waals surface area contributed by atoms with Crippen molar-refractivity contribution in [3.8, 4) is 0 Å². The molecule has 1 saturated heterocycles. The first-order valence-electron chi connectivity index (χ1n) is 9.11. The average molecular weight is 465 g/mol. The van der Waals surface area contributed by atoms with Crippen LogP contribution in [-0.4, -0.2) is 53.0 Å². The van der Waals surface area contributed by atoms with Crippen LogP contribution in [0.2, 0.25) is 0 Å². The quantitative estimate of drug-likeness (QED) is 0.631. The van der Waals surface area contributed by atoms with E-state index in [-0.39, 0.29) is 22.9 Å². The number of aryl methyl sites for hydroxylation is 1. The van der Waals surface area contributed by atoms with Crippen LogP contribution in [0.25, 0.3) is 0 Å². The van der Waals surface area contributed by atoms with Gasteiger partial charge in [-0.1, -0.05) is 22.0 Å². The minimum absolute atomic E-state index is 0.0707. The lowest BCUT2D eigenvalue weighted by Gasteiger charge is -2.36. The number of halogens is 2. The molecule has 0 bridgehead atoms. The van der Waals surface area contributed by atoms with Crippen LogP contribution in [-0.2, 0) is 4.79 Å². The second kappa shape index (κ2) is 9.09. The van der Waals surface area contributed by atoms with Crippen molar-refractivity contribution < 1.29 is 14.0 Å². The summed E-state index contributed by atoms with van der Waals surface area (Å²) in [6.45, 7) is 5.46. The molecular formula is C21H22BrFN2O2S. The lowest BCUT2D eigenvalue weighted by molar-refractivity contribution is -0.131. The number of thioether (sulfide) groups is 1. The third-order valence-corrected chi connectivity index (χ3v) is 6.40. The summed E-state index contributed by atoms with van der Waals surface area (Å²) in [7, 11) is 0. The number of rotatable bonds is 4. The van der Waals surface area contributed by atoms with E-state index in [1.165, 1.54) is 17.8 Å². The fourth-order valence-electron chi connectivity index (χ4n) is 3.06. The molecule has 148 valence electrons. The highest BCUT2D eigenvalue weighted by Gasteiger charge is 2.28. The van der Waals surface area contributed by atoms with Gasteiger partial charge in [0, 0.05) is 41.1 Å². The first kappa shape index (κ1) is 20.9. The molecule has 1 unspecified atom stereocenters. The van der Waals surface area contributed by atoms with Crippen LogP contribution in [0.15, 0.2) is 51.8 Å². The minimum atomic E-state index is -0.376. The number of hydrogen-bond acceptors (Lipinski definition) is 3. The van der Waals surface area contributed by atoms with E-state index >= 15 is 0 Å². The molecule has 7 heteroatoms. The third-order valence-electron chi connectivity index (χ3n) is 4.77. The largest absolute Gasteiger partial charge is 0.338 e. The Kier molecular flexibility index (Phi) is 6.78. The maximum absolute atomic E-state index is 13.7. The van der Waals surface area contributed by atoms with Gasteiger partial charge in [0.05, 0.1) is 5.25 Å². The summed E-state index contributed by atoms with van der Waals surface area (Å²) in [5, 5.41) is -0.199. The van der Waals surface area contributed by atoms with Crippen molar-refractivity contribution in [1.29, 1.82) is 0 Å². The van der Waals surface area contributed by atoms with Crippen LogP contribution in [0, 0.1) is 12.7 Å². The van der Waals surface area contributed by atoms with Crippen LogP contribution in [0.4, 0.5) is 4.39 Å². The highest BCUT2D eigenvalue weighted by atomic mass is 79.9. The molecule has 0 N–H and O–H groups in total. The molecule has 1 atom stereocenters. The fourth-order valence-corrected chi connectivity index (χ4v) is 4.28. The Morgan fingerprint density at radius 1 is 1.04 bits per heavy atom. The number of carbonyl (C=O) groups is 2. The Morgan fingerprint density at radius 3 is 2.25 bits per heavy atom. The van der Waals surface area contributed by atoms with Gasteiger partial charge < -0.3 is 9.80 Å². The number of amides is 2. The van der Waals surface area contributed by atoms with E-state index in [0.29, 0.717) is 37.3 Å². The molecule has 4 nitrogen and oxygen atoms in total. The molecule has 28 heavy (non-hydrogen) atoms. The van der Waals surface area contributed by atoms with Crippen LogP contribution in [0.3, 0.4) is 0 Å². The summed E-state index contributed by atoms with van der Waals surface area (Å²) in [4.78, 5) is 29.9. The maximum atomic E-state index is 13.7. The molecule has 1 fully saturated rings. The number of nitrogens with zero attached hydrogens (tertiary/aromatic N) is 2. The minimum Gasteiger partial charge on any atom is -0.338 e. The monoisotopic (exact) mass is 464 g/mol. The van der Waals surface area contributed by atoms with Gasteiger partial charge in [0.25, 0.3) is 5.91 Å². The number of carbonyl (C=O) groups excluding carboxylic acids is 2. The fraction of sp³-hybridized carbons (Fsp3) is 0.333. The van der Waals surface area contributed by atoms with E-state index in [2.05, 4.69) is 15.9 Å². The Hall–Kier alpha value is -1.86. The molecular weight excluding hydrogens is 443 g/mol. The maximum Gasteiger partial charge on any atom is 0.254 e. The van der Waals surface area contributed by atoms with Gasteiger partial charge in [0.2, 0.25) is 5.91 Å². The van der Waals surface area contributed by atoms with Crippen molar-refractivity contribution in [2.45, 2.75) is 24.0 Å². The normalized spacial score (nSPS) is 15.4. The summed E-state index contributed by atoms with van der Waals surface area (Å²) in [5.41, 5.74) is 0.867. The average Bonchev–Trinajstić information content (AvgIpc) is 2.70. The van der Waals surface area contributed by atoms with Gasteiger partial charge in [-0.2, -0.15) is 0 Å². The van der Waals surface area contributed by atoms with Crippen molar-refractivity contribution in [1.82, 2.24) is 9.80 Å². The van der Waals surface area contributed by atoms with Crippen LogP contribution >= 0.6 is 27.7 Å². The van der Waals surface area contributed by atoms with Gasteiger partial charge in [-0.25, -0.2) is 4.39 Å². The zero-order valence-corrected chi connectivity index (χ0v) is 18.2. The summed E-state index contributed by atoms with van der Waals surface area (Å²) < 4.78 is 14.7. The molecule has 2 aromatic carbocycles. The zero-order chi connectivity index (χ0) is 20.3. The lowest BCUT2D eigenvalue weighted by Crippen LogP contribution is -2.52. The number of benzene rings is 2. The Balaban J connectivity index is 1.55. The van der Waals surface area contributed by atoms with Gasteiger partial charge in [-0.05, 0) is 55.8 Å². The van der Waals surface area contributed by atoms with Gasteiger partial charge in [-0.15, -0.1) is 11.8 Å². The van der Waals surface area contributed by atoms with E-state index in [4.69, 9.17) is 0 Å². The van der Waals surface area contributed by atoms with Crippen molar-refractivity contribution in [2.24, 2.45) is 0 Å². The summed E-state index contributed by atoms with van der Waals surface area (Å²) >= 11 is 4.93. The van der Waals surface area contributed by atoms with E-state index in [0.717, 1.165) is 9.37 Å². The van der Waals surface area contributed by atoms with Crippen LogP contribution in [0.1, 0.15) is 22.8 Å². The molecule has 1 aliphatic rings. The van der Waals surface area contributed by atoms with Crippen LogP contribution < -0.4 is 0 Å². The predicted molar refractivity (Wildman–Crippen MR) is 113 cm³/mol. The predicted octanol–water partition coefficient (Wildman–Crippen LogP) is 4.36. The van der Waals surface area contributed by atoms with Gasteiger partial charge in [0.1, 0.15) is 5.82 Å². The van der Waals surface area contributed by atoms with E-state index in [1.54, 1.807) is 28.9 Å². The second-order valence-electron chi connectivity index (χ2n) is 6.80. The Bertz CT molecular complexity index is 867. The second-order valence-corrected chi connectivity index (χ2v) is 9.13. The number of hydrogen-bond donors (Lipinski definition) is 0. The first-order valence-corrected chi connectivity index (χ1v) is 10.8. The number of piperazine rings is 1. The molecule has 1 aliphatic heterocycles. The molecule has 0 spiro atoms. The third kappa shape index (κ3) is 4.94. The van der Waals surface area contributed by atoms with Gasteiger partial charge >= 0.3 is 0 Å². The summed E-state index contributed by atoms with van der Waals surface area (Å²) in [5.74, 6) is -0.497. The van der Waals surface area contributed by atoms with Crippen LogP contribution in [0.5, 0.6) is 0 Å². The molecule has 2 aromatic rings. The smallest absolute Gasteiger partial charge is 0.254 e. The molecule has 1 heterocycles. The van der Waals surface area contributed by atoms with Crippen molar-refractivity contribution >= 4 is 39.5 Å². The van der Waals surface area contributed by atoms with E-state index in [1.807, 2.05) is 31.2 Å². The highest BCUT2D eigenvalue weighted by molar-refractivity contribution is 9.10. The van der Waals surface area contributed by atoms with Gasteiger partial charge in [-0.3, -0.25) is 9.59 Å².